The van der Waals surface area contributed by atoms with Crippen molar-refractivity contribution in [3.8, 4) is 11.5 Å². The molecule has 168 valence electrons. The number of aromatic nitrogens is 2. The van der Waals surface area contributed by atoms with Gasteiger partial charge in [-0.1, -0.05) is 38.1 Å². The van der Waals surface area contributed by atoms with E-state index in [1.165, 1.54) is 23.3 Å². The van der Waals surface area contributed by atoms with Gasteiger partial charge in [0.2, 0.25) is 11.8 Å². The van der Waals surface area contributed by atoms with E-state index >= 15 is 0 Å². The quantitative estimate of drug-likeness (QED) is 0.394. The van der Waals surface area contributed by atoms with Gasteiger partial charge in [0.25, 0.3) is 5.69 Å². The number of nitro groups is 1. The van der Waals surface area contributed by atoms with Crippen LogP contribution in [0.5, 0.6) is 0 Å². The highest BCUT2D eigenvalue weighted by molar-refractivity contribution is 5.55. The number of rotatable bonds is 7. The number of benzene rings is 2. The topological polar surface area (TPSA) is 88.5 Å². The molecule has 0 amide bonds. The molecule has 3 aromatic rings. The molecule has 0 saturated carbocycles. The van der Waals surface area contributed by atoms with Crippen LogP contribution in [0.25, 0.3) is 11.5 Å². The van der Waals surface area contributed by atoms with E-state index in [-0.39, 0.29) is 11.7 Å². The number of hydrogen-bond acceptors (Lipinski definition) is 7. The zero-order valence-corrected chi connectivity index (χ0v) is 18.8. The molecule has 4 rings (SSSR count). The maximum atomic E-state index is 10.8. The van der Waals surface area contributed by atoms with Gasteiger partial charge in [-0.15, -0.1) is 10.2 Å². The first-order chi connectivity index (χ1) is 15.4. The van der Waals surface area contributed by atoms with Crippen LogP contribution in [0, 0.1) is 10.1 Å². The Hall–Kier alpha value is -3.10. The first-order valence-corrected chi connectivity index (χ1v) is 11.0. The van der Waals surface area contributed by atoms with Crippen LogP contribution in [0.4, 0.5) is 5.69 Å². The zero-order valence-electron chi connectivity index (χ0n) is 18.8. The molecule has 0 aliphatic carbocycles. The monoisotopic (exact) mass is 435 g/mol. The summed E-state index contributed by atoms with van der Waals surface area (Å²) in [6.45, 7) is 11.3. The lowest BCUT2D eigenvalue weighted by molar-refractivity contribution is -0.384. The Morgan fingerprint density at radius 1 is 0.969 bits per heavy atom. The minimum Gasteiger partial charge on any atom is -0.419 e. The molecule has 8 nitrogen and oxygen atoms in total. The van der Waals surface area contributed by atoms with Crippen LogP contribution in [-0.4, -0.2) is 51.1 Å². The smallest absolute Gasteiger partial charge is 0.269 e. The van der Waals surface area contributed by atoms with E-state index < -0.39 is 4.92 Å². The molecule has 1 fully saturated rings. The molecule has 0 bridgehead atoms. The second kappa shape index (κ2) is 9.58. The van der Waals surface area contributed by atoms with E-state index in [9.17, 15) is 10.1 Å². The molecular weight excluding hydrogens is 406 g/mol. The Morgan fingerprint density at radius 3 is 2.22 bits per heavy atom. The highest BCUT2D eigenvalue weighted by atomic mass is 16.6. The van der Waals surface area contributed by atoms with Crippen LogP contribution in [0.3, 0.4) is 0 Å². The van der Waals surface area contributed by atoms with E-state index in [2.05, 4.69) is 65.0 Å². The van der Waals surface area contributed by atoms with E-state index in [1.54, 1.807) is 12.1 Å². The van der Waals surface area contributed by atoms with Gasteiger partial charge in [-0.2, -0.15) is 0 Å². The minimum atomic E-state index is -0.425. The third-order valence-corrected chi connectivity index (χ3v) is 6.13. The number of piperazine rings is 1. The van der Waals surface area contributed by atoms with Crippen LogP contribution in [0.1, 0.15) is 49.7 Å². The molecule has 1 aromatic heterocycles. The molecular formula is C24H29N5O3. The fourth-order valence-corrected chi connectivity index (χ4v) is 3.98. The summed E-state index contributed by atoms with van der Waals surface area (Å²) < 4.78 is 5.89. The second-order valence-electron chi connectivity index (χ2n) is 8.63. The number of non-ortho nitro benzene ring substituents is 1. The largest absolute Gasteiger partial charge is 0.419 e. The van der Waals surface area contributed by atoms with E-state index in [4.69, 9.17) is 4.42 Å². The predicted molar refractivity (Wildman–Crippen MR) is 122 cm³/mol. The molecule has 0 N–H and O–H groups in total. The summed E-state index contributed by atoms with van der Waals surface area (Å²) in [6.07, 6.45) is 0. The average Bonchev–Trinajstić information content (AvgIpc) is 3.30. The maximum Gasteiger partial charge on any atom is 0.269 e. The molecule has 1 saturated heterocycles. The third-order valence-electron chi connectivity index (χ3n) is 6.13. The highest BCUT2D eigenvalue weighted by Crippen LogP contribution is 2.26. The van der Waals surface area contributed by atoms with Crippen LogP contribution in [-0.2, 0) is 6.54 Å². The zero-order chi connectivity index (χ0) is 22.7. The van der Waals surface area contributed by atoms with Gasteiger partial charge in [-0.05, 0) is 36.1 Å². The van der Waals surface area contributed by atoms with Gasteiger partial charge in [0, 0.05) is 50.4 Å². The van der Waals surface area contributed by atoms with Crippen molar-refractivity contribution in [3.63, 3.8) is 0 Å². The Kier molecular flexibility index (Phi) is 6.62. The maximum absolute atomic E-state index is 10.8. The van der Waals surface area contributed by atoms with E-state index in [1.807, 2.05) is 0 Å². The lowest BCUT2D eigenvalue weighted by Crippen LogP contribution is -2.46. The third kappa shape index (κ3) is 5.03. The Balaban J connectivity index is 1.32. The molecule has 2 heterocycles. The molecule has 1 unspecified atom stereocenters. The fraction of sp³-hybridized carbons (Fsp3) is 0.417. The number of hydrogen-bond donors (Lipinski definition) is 0. The van der Waals surface area contributed by atoms with Crippen molar-refractivity contribution in [2.45, 2.75) is 39.3 Å². The lowest BCUT2D eigenvalue weighted by atomic mass is 10.0. The minimum absolute atomic E-state index is 0.0155. The molecule has 2 aromatic carbocycles. The van der Waals surface area contributed by atoms with Crippen molar-refractivity contribution >= 4 is 5.69 Å². The standard InChI is InChI=1S/C24H29N5O3/c1-17(2)20-6-4-19(5-7-20)16-27-12-14-28(15-13-27)18(3)23-25-26-24(32-23)21-8-10-22(11-9-21)29(30)31/h4-11,17-18H,12-16H2,1-3H3. The van der Waals surface area contributed by atoms with Gasteiger partial charge in [0.05, 0.1) is 11.0 Å². The lowest BCUT2D eigenvalue weighted by Gasteiger charge is -2.36. The molecule has 1 atom stereocenters. The van der Waals surface area contributed by atoms with Crippen molar-refractivity contribution < 1.29 is 9.34 Å². The normalized spacial score (nSPS) is 16.4. The van der Waals surface area contributed by atoms with Crippen molar-refractivity contribution in [1.29, 1.82) is 0 Å². The Bertz CT molecular complexity index is 1040. The summed E-state index contributed by atoms with van der Waals surface area (Å²) in [5, 5.41) is 19.2. The van der Waals surface area contributed by atoms with Gasteiger partial charge in [0.15, 0.2) is 0 Å². The molecule has 1 aliphatic heterocycles. The highest BCUT2D eigenvalue weighted by Gasteiger charge is 2.26. The number of nitrogens with zero attached hydrogens (tertiary/aromatic N) is 5. The summed E-state index contributed by atoms with van der Waals surface area (Å²) in [4.78, 5) is 15.2. The van der Waals surface area contributed by atoms with Gasteiger partial charge in [-0.25, -0.2) is 0 Å². The van der Waals surface area contributed by atoms with E-state index in [0.29, 0.717) is 23.3 Å². The van der Waals surface area contributed by atoms with Gasteiger partial charge < -0.3 is 4.42 Å². The van der Waals surface area contributed by atoms with Crippen molar-refractivity contribution in [1.82, 2.24) is 20.0 Å². The summed E-state index contributed by atoms with van der Waals surface area (Å²) in [7, 11) is 0. The Morgan fingerprint density at radius 2 is 1.62 bits per heavy atom. The molecule has 0 radical (unpaired) electrons. The molecule has 0 spiro atoms. The van der Waals surface area contributed by atoms with Crippen LogP contribution < -0.4 is 0 Å². The average molecular weight is 436 g/mol. The van der Waals surface area contributed by atoms with Crippen LogP contribution in [0.15, 0.2) is 52.9 Å². The summed E-state index contributed by atoms with van der Waals surface area (Å²) in [5.74, 6) is 1.50. The van der Waals surface area contributed by atoms with Gasteiger partial charge >= 0.3 is 0 Å². The summed E-state index contributed by atoms with van der Waals surface area (Å²) in [5.41, 5.74) is 3.44. The summed E-state index contributed by atoms with van der Waals surface area (Å²) in [6, 6.07) is 15.1. The van der Waals surface area contributed by atoms with Crippen molar-refractivity contribution in [2.75, 3.05) is 26.2 Å². The second-order valence-corrected chi connectivity index (χ2v) is 8.63. The first kappa shape index (κ1) is 22.1. The predicted octanol–water partition coefficient (Wildman–Crippen LogP) is 4.65. The van der Waals surface area contributed by atoms with Gasteiger partial charge in [0.1, 0.15) is 0 Å². The Labute approximate surface area is 188 Å². The number of nitro benzene ring substituents is 1. The molecule has 8 heteroatoms. The van der Waals surface area contributed by atoms with Crippen molar-refractivity contribution in [3.05, 3.63) is 75.7 Å². The van der Waals surface area contributed by atoms with Crippen LogP contribution in [0.2, 0.25) is 0 Å². The fourth-order valence-electron chi connectivity index (χ4n) is 3.98. The SMILES string of the molecule is CC(C)c1ccc(CN2CCN(C(C)c3nnc(-c4ccc([N+](=O)[O-])cc4)o3)CC2)cc1. The molecule has 1 aliphatic rings. The van der Waals surface area contributed by atoms with Crippen LogP contribution >= 0.6 is 0 Å². The summed E-state index contributed by atoms with van der Waals surface area (Å²) >= 11 is 0. The van der Waals surface area contributed by atoms with Crippen molar-refractivity contribution in [2.24, 2.45) is 0 Å². The first-order valence-electron chi connectivity index (χ1n) is 11.0. The van der Waals surface area contributed by atoms with Gasteiger partial charge in [-0.3, -0.25) is 19.9 Å². The molecule has 32 heavy (non-hydrogen) atoms. The van der Waals surface area contributed by atoms with E-state index in [0.717, 1.165) is 32.7 Å².